The summed E-state index contributed by atoms with van der Waals surface area (Å²) < 4.78 is 31.5. The van der Waals surface area contributed by atoms with Crippen molar-refractivity contribution in [1.82, 2.24) is 5.01 Å². The van der Waals surface area contributed by atoms with Crippen LogP contribution in [0.15, 0.2) is 5.10 Å². The first-order valence-corrected chi connectivity index (χ1v) is 12.5. The van der Waals surface area contributed by atoms with Crippen LogP contribution >= 0.6 is 0 Å². The van der Waals surface area contributed by atoms with Crippen molar-refractivity contribution in [1.29, 1.82) is 0 Å². The number of carbonyl (C=O) groups excluding carboxylic acids is 5. The lowest BCUT2D eigenvalue weighted by Gasteiger charge is -2.36. The Hall–Kier alpha value is -3.82. The molecule has 0 amide bonds. The van der Waals surface area contributed by atoms with Crippen LogP contribution in [0, 0.1) is 16.0 Å². The normalized spacial score (nSPS) is 18.6. The van der Waals surface area contributed by atoms with Gasteiger partial charge in [-0.3, -0.25) is 39.1 Å². The van der Waals surface area contributed by atoms with E-state index in [9.17, 15) is 34.1 Å². The maximum absolute atomic E-state index is 12.2. The fourth-order valence-electron chi connectivity index (χ4n) is 4.17. The monoisotopic (exact) mass is 575 g/mol. The van der Waals surface area contributed by atoms with Crippen molar-refractivity contribution in [2.45, 2.75) is 77.9 Å². The van der Waals surface area contributed by atoms with Gasteiger partial charge in [0.1, 0.15) is 12.5 Å². The number of methoxy groups -OCH3 is 1. The Balaban J connectivity index is 3.67. The average Bonchev–Trinajstić information content (AvgIpc) is 3.26. The number of rotatable bonds is 16. The molecular weight excluding hydrogens is 538 g/mol. The summed E-state index contributed by atoms with van der Waals surface area (Å²) >= 11 is 0. The van der Waals surface area contributed by atoms with Gasteiger partial charge in [-0.15, -0.1) is 0 Å². The fourth-order valence-corrected chi connectivity index (χ4v) is 4.17. The van der Waals surface area contributed by atoms with Crippen molar-refractivity contribution < 1.29 is 57.3 Å². The van der Waals surface area contributed by atoms with Gasteiger partial charge in [0.2, 0.25) is 6.54 Å². The molecule has 6 atom stereocenters. The summed E-state index contributed by atoms with van der Waals surface area (Å²) in [6.45, 7) is 4.57. The van der Waals surface area contributed by atoms with Crippen molar-refractivity contribution in [2.24, 2.45) is 11.0 Å². The van der Waals surface area contributed by atoms with Crippen LogP contribution in [0.3, 0.4) is 0 Å². The van der Waals surface area contributed by atoms with Crippen LogP contribution < -0.4 is 0 Å². The molecule has 40 heavy (non-hydrogen) atoms. The largest absolute Gasteiger partial charge is 0.462 e. The molecule has 1 saturated heterocycles. The Bertz CT molecular complexity index is 941. The van der Waals surface area contributed by atoms with Crippen LogP contribution in [-0.2, 0) is 52.4 Å². The molecule has 0 bridgehead atoms. The number of carbonyl (C=O) groups is 5. The van der Waals surface area contributed by atoms with Gasteiger partial charge in [-0.25, -0.2) is 0 Å². The quantitative estimate of drug-likeness (QED) is 0.0798. The Kier molecular flexibility index (Phi) is 14.5. The van der Waals surface area contributed by atoms with E-state index in [1.807, 2.05) is 0 Å². The number of nitro groups is 1. The maximum Gasteiger partial charge on any atom is 0.303 e. The maximum atomic E-state index is 12.2. The third-order valence-electron chi connectivity index (χ3n) is 5.58. The number of nitrogens with zero attached hydrogens (tertiary/aromatic N) is 3. The molecule has 0 aromatic rings. The molecule has 0 N–H and O–H groups in total. The second-order valence-electron chi connectivity index (χ2n) is 9.03. The summed E-state index contributed by atoms with van der Waals surface area (Å²) in [5.74, 6) is -5.74. The number of hydrogen-bond donors (Lipinski definition) is 0. The van der Waals surface area contributed by atoms with Gasteiger partial charge in [-0.1, -0.05) is 0 Å². The van der Waals surface area contributed by atoms with Crippen molar-refractivity contribution in [3.05, 3.63) is 10.1 Å². The molecule has 0 aromatic heterocycles. The minimum atomic E-state index is -1.75. The number of ether oxygens (including phenoxy) is 6. The third kappa shape index (κ3) is 12.4. The molecule has 1 aliphatic rings. The zero-order chi connectivity index (χ0) is 30.4. The van der Waals surface area contributed by atoms with Crippen LogP contribution in [0.25, 0.3) is 0 Å². The average molecular weight is 576 g/mol. The van der Waals surface area contributed by atoms with Crippen LogP contribution in [0.5, 0.6) is 0 Å². The third-order valence-corrected chi connectivity index (χ3v) is 5.58. The lowest BCUT2D eigenvalue weighted by Crippen LogP contribution is -2.56. The van der Waals surface area contributed by atoms with Gasteiger partial charge in [-0.2, -0.15) is 5.10 Å². The van der Waals surface area contributed by atoms with E-state index >= 15 is 0 Å². The van der Waals surface area contributed by atoms with Gasteiger partial charge in [0.05, 0.1) is 12.6 Å². The summed E-state index contributed by atoms with van der Waals surface area (Å²) in [7, 11) is 1.53. The summed E-state index contributed by atoms with van der Waals surface area (Å²) in [5, 5.41) is 17.7. The van der Waals surface area contributed by atoms with Crippen LogP contribution in [0.2, 0.25) is 0 Å². The molecule has 0 spiro atoms. The van der Waals surface area contributed by atoms with Gasteiger partial charge >= 0.3 is 29.8 Å². The molecule has 0 aliphatic carbocycles. The lowest BCUT2D eigenvalue weighted by atomic mass is 9.92. The predicted molar refractivity (Wildman–Crippen MR) is 134 cm³/mol. The minimum absolute atomic E-state index is 0.0974. The summed E-state index contributed by atoms with van der Waals surface area (Å²) in [4.78, 5) is 70.8. The number of hydrogen-bond acceptors (Lipinski definition) is 15. The van der Waals surface area contributed by atoms with E-state index < -0.39 is 78.3 Å². The first-order valence-electron chi connectivity index (χ1n) is 12.5. The molecular formula is C24H37N3O13. The van der Waals surface area contributed by atoms with Gasteiger partial charge in [0.25, 0.3) is 0 Å². The topological polar surface area (TPSA) is 199 Å². The Labute approximate surface area is 231 Å². The molecule has 0 saturated carbocycles. The molecule has 0 unspecified atom stereocenters. The highest BCUT2D eigenvalue weighted by atomic mass is 16.6. The van der Waals surface area contributed by atoms with E-state index in [1.165, 1.54) is 13.3 Å². The second kappa shape index (κ2) is 17.0. The van der Waals surface area contributed by atoms with E-state index in [0.717, 1.165) is 47.5 Å². The van der Waals surface area contributed by atoms with Crippen LogP contribution in [0.4, 0.5) is 0 Å². The summed E-state index contributed by atoms with van der Waals surface area (Å²) in [6, 6.07) is -0.0974. The molecule has 16 heteroatoms. The Morgan fingerprint density at radius 1 is 0.900 bits per heavy atom. The first kappa shape index (κ1) is 34.2. The zero-order valence-corrected chi connectivity index (χ0v) is 23.4. The van der Waals surface area contributed by atoms with Gasteiger partial charge in [0, 0.05) is 59.4 Å². The molecule has 0 radical (unpaired) electrons. The zero-order valence-electron chi connectivity index (χ0n) is 23.4. The van der Waals surface area contributed by atoms with Crippen LogP contribution in [0.1, 0.15) is 47.5 Å². The molecule has 1 fully saturated rings. The van der Waals surface area contributed by atoms with E-state index in [2.05, 4.69) is 5.10 Å². The molecule has 226 valence electrons. The van der Waals surface area contributed by atoms with Gasteiger partial charge in [0.15, 0.2) is 24.4 Å². The van der Waals surface area contributed by atoms with Crippen LogP contribution in [-0.4, -0.2) is 110 Å². The van der Waals surface area contributed by atoms with Crippen molar-refractivity contribution >= 4 is 36.1 Å². The Morgan fingerprint density at radius 2 is 1.45 bits per heavy atom. The highest BCUT2D eigenvalue weighted by molar-refractivity contribution is 5.70. The van der Waals surface area contributed by atoms with Crippen molar-refractivity contribution in [2.75, 3.05) is 33.4 Å². The van der Waals surface area contributed by atoms with E-state index in [4.69, 9.17) is 28.4 Å². The van der Waals surface area contributed by atoms with E-state index in [1.54, 1.807) is 5.01 Å². The highest BCUT2D eigenvalue weighted by Gasteiger charge is 2.47. The first-order chi connectivity index (χ1) is 18.7. The van der Waals surface area contributed by atoms with Gasteiger partial charge in [-0.05, 0) is 12.8 Å². The van der Waals surface area contributed by atoms with Gasteiger partial charge < -0.3 is 28.4 Å². The molecule has 0 aromatic carbocycles. The van der Waals surface area contributed by atoms with Crippen molar-refractivity contribution in [3.63, 3.8) is 0 Å². The number of hydrazone groups is 1. The Morgan fingerprint density at radius 3 is 1.95 bits per heavy atom. The SMILES string of the molecule is COC[C@@H]1CCCN1/N=C/[C@H](C[N+](=O)[O-])[C@@H](OC(C)=O)[C@@H](OC(C)=O)[C@@H](OC(C)=O)[C@@H](COC(C)=O)OC(C)=O. The molecule has 1 rings (SSSR count). The smallest absolute Gasteiger partial charge is 0.303 e. The highest BCUT2D eigenvalue weighted by Crippen LogP contribution is 2.25. The lowest BCUT2D eigenvalue weighted by molar-refractivity contribution is -0.487. The van der Waals surface area contributed by atoms with E-state index in [0.29, 0.717) is 13.2 Å². The predicted octanol–water partition coefficient (Wildman–Crippen LogP) is 0.266. The summed E-state index contributed by atoms with van der Waals surface area (Å²) in [5.41, 5.74) is 0. The summed E-state index contributed by atoms with van der Waals surface area (Å²) in [6.07, 6.45) is -3.92. The minimum Gasteiger partial charge on any atom is -0.462 e. The molecule has 1 aliphatic heterocycles. The standard InChI is InChI=1S/C24H37N3O13/c1-14(28)36-13-21(37-15(2)29)23(39-17(4)31)24(40-18(5)32)22(38-16(3)30)19(11-27(33)34)10-25-26-9-7-8-20(26)12-35-6/h10,19-24H,7-9,11-13H2,1-6H3/b25-10+/t19-,20+,21-,22-,23+,24-/m1/s1. The van der Waals surface area contributed by atoms with E-state index in [-0.39, 0.29) is 6.04 Å². The second-order valence-corrected chi connectivity index (χ2v) is 9.03. The fraction of sp³-hybridized carbons (Fsp3) is 0.750. The molecule has 1 heterocycles. The molecule has 16 nitrogen and oxygen atoms in total. The van der Waals surface area contributed by atoms with Crippen molar-refractivity contribution in [3.8, 4) is 0 Å². The number of esters is 5.